The molecule has 2 aromatic heterocycles. The molecule has 4 aliphatic heterocycles. The summed E-state index contributed by atoms with van der Waals surface area (Å²) >= 11 is 3.26. The van der Waals surface area contributed by atoms with Gasteiger partial charge in [0.1, 0.15) is 0 Å². The van der Waals surface area contributed by atoms with Crippen LogP contribution in [0.15, 0.2) is 109 Å². The summed E-state index contributed by atoms with van der Waals surface area (Å²) in [6.07, 6.45) is 39.1. The van der Waals surface area contributed by atoms with Gasteiger partial charge in [0, 0.05) is 121 Å². The van der Waals surface area contributed by atoms with E-state index in [2.05, 4.69) is 116 Å². The van der Waals surface area contributed by atoms with Crippen LogP contribution < -0.4 is 0 Å². The third-order valence-corrected chi connectivity index (χ3v) is 30.6. The van der Waals surface area contributed by atoms with Crippen molar-refractivity contribution in [3.05, 3.63) is 154 Å². The van der Waals surface area contributed by atoms with Gasteiger partial charge in [-0.3, -0.25) is 58.0 Å². The van der Waals surface area contributed by atoms with Crippen molar-refractivity contribution in [1.29, 1.82) is 0 Å². The van der Waals surface area contributed by atoms with E-state index in [1.165, 1.54) is 0 Å². The van der Waals surface area contributed by atoms with Crippen LogP contribution in [0.5, 0.6) is 0 Å². The number of thiophene rings is 2. The second-order valence-electron chi connectivity index (χ2n) is 36.3. The molecule has 638 valence electrons. The Morgan fingerprint density at radius 3 is 0.615 bits per heavy atom. The maximum absolute atomic E-state index is 16.2. The lowest BCUT2D eigenvalue weighted by Crippen LogP contribution is -2.47. The van der Waals surface area contributed by atoms with Gasteiger partial charge in [-0.25, -0.2) is 0 Å². The van der Waals surface area contributed by atoms with Crippen molar-refractivity contribution in [2.75, 3.05) is 0 Å². The third-order valence-electron chi connectivity index (χ3n) is 28.2. The van der Waals surface area contributed by atoms with Crippen molar-refractivity contribution in [3.8, 4) is 30.6 Å². The predicted octanol–water partition coefficient (Wildman–Crippen LogP) is 30.5. The smallest absolute Gasteiger partial charge is 0.261 e. The molecule has 0 saturated heterocycles. The van der Waals surface area contributed by atoms with Gasteiger partial charge in [0.25, 0.3) is 47.3 Å². The highest BCUT2D eigenvalue weighted by atomic mass is 32.1. The first-order valence-electron chi connectivity index (χ1n) is 47.9. The number of nitrogens with zero attached hydrogens (tertiary/aromatic N) is 4. The summed E-state index contributed by atoms with van der Waals surface area (Å²) in [6.45, 7) is 17.7. The molecule has 16 rings (SSSR count). The van der Waals surface area contributed by atoms with Crippen molar-refractivity contribution in [3.63, 3.8) is 0 Å². The molecule has 0 bridgehead atoms. The van der Waals surface area contributed by atoms with Crippen LogP contribution in [-0.2, 0) is 0 Å². The zero-order valence-electron chi connectivity index (χ0n) is 73.9. The number of imide groups is 4. The average molecular weight is 1670 g/mol. The van der Waals surface area contributed by atoms with Gasteiger partial charge in [-0.2, -0.15) is 0 Å². The lowest BCUT2D eigenvalue weighted by Gasteiger charge is -2.36. The quantitative estimate of drug-likeness (QED) is 0.0158. The Labute approximate surface area is 729 Å². The molecule has 0 atom stereocenters. The molecule has 122 heavy (non-hydrogen) atoms. The molecule has 0 spiro atoms. The molecule has 0 N–H and O–H groups in total. The fourth-order valence-electron chi connectivity index (χ4n) is 21.8. The minimum absolute atomic E-state index is 0.227. The molecule has 6 heterocycles. The van der Waals surface area contributed by atoms with E-state index in [9.17, 15) is 0 Å². The first-order valence-corrected chi connectivity index (χ1v) is 49.5. The van der Waals surface area contributed by atoms with E-state index in [1.807, 2.05) is 48.5 Å². The third kappa shape index (κ3) is 15.8. The summed E-state index contributed by atoms with van der Waals surface area (Å²) in [5.74, 6) is -2.08. The molecule has 4 aliphatic rings. The largest absolute Gasteiger partial charge is 0.271 e. The lowest BCUT2D eigenvalue weighted by molar-refractivity contribution is 0.0501. The van der Waals surface area contributed by atoms with Gasteiger partial charge >= 0.3 is 0 Å². The molecule has 0 fully saturated rings. The van der Waals surface area contributed by atoms with E-state index in [1.54, 1.807) is 42.3 Å². The van der Waals surface area contributed by atoms with Gasteiger partial charge in [0.05, 0.1) is 0 Å². The molecule has 14 heteroatoms. The van der Waals surface area contributed by atoms with E-state index >= 15 is 38.4 Å². The van der Waals surface area contributed by atoms with E-state index in [0.717, 1.165) is 352 Å². The topological polar surface area (TPSA) is 150 Å². The van der Waals surface area contributed by atoms with Crippen LogP contribution in [0.2, 0.25) is 0 Å². The van der Waals surface area contributed by atoms with Gasteiger partial charge in [-0.1, -0.05) is 297 Å². The normalized spacial score (nSPS) is 14.4. The minimum atomic E-state index is -0.278. The van der Waals surface area contributed by atoms with E-state index in [-0.39, 0.29) is 71.4 Å². The summed E-state index contributed by atoms with van der Waals surface area (Å²) < 4.78 is 0. The maximum Gasteiger partial charge on any atom is 0.261 e. The van der Waals surface area contributed by atoms with Crippen molar-refractivity contribution < 1.29 is 38.4 Å². The van der Waals surface area contributed by atoms with Gasteiger partial charge in [0.15, 0.2) is 0 Å². The summed E-state index contributed by atoms with van der Waals surface area (Å²) in [4.78, 5) is 136. The van der Waals surface area contributed by atoms with Crippen LogP contribution in [0.25, 0.3) is 117 Å². The summed E-state index contributed by atoms with van der Waals surface area (Å²) in [5.41, 5.74) is 5.72. The number of unbranched alkanes of at least 4 members (excludes halogenated alkanes) is 24. The first-order chi connectivity index (χ1) is 59.7. The molecule has 12 nitrogen and oxygen atoms in total. The SMILES string of the molecule is CCCCCCC(CCCCCC)N1C(=O)c2ccc3c4ccc5c6c(cc(-c7ccc(-c8ccc(-c9cc%10c%11c(ccc%12c%13ccc%14c%15c(ccc(c9c%11%12)c%15%13)C(=O)N(C(CCCCCC)CCCCCC)C%14=O)C(=O)N(C(CCCCCC)CCCCCC)C%10=O)s8)s7)c(c7ccc(c2c37)C1=O)c64)C(=O)N(C(CCCCCC)CCCCCC)C5=O. The molecule has 0 unspecified atom stereocenters. The number of rotatable bonds is 47. The van der Waals surface area contributed by atoms with Crippen LogP contribution in [0.3, 0.4) is 0 Å². The molecule has 0 saturated carbocycles. The monoisotopic (exact) mass is 1670 g/mol. The van der Waals surface area contributed by atoms with Gasteiger partial charge < -0.3 is 0 Å². The van der Waals surface area contributed by atoms with Gasteiger partial charge in [0.2, 0.25) is 0 Å². The van der Waals surface area contributed by atoms with Crippen LogP contribution in [0.1, 0.15) is 395 Å². The second kappa shape index (κ2) is 38.5. The number of hydrogen-bond donors (Lipinski definition) is 0. The first kappa shape index (κ1) is 86.3. The Balaban J connectivity index is 0.871. The molecular formula is C108H126N4O8S2. The molecule has 8 amide bonds. The zero-order valence-corrected chi connectivity index (χ0v) is 75.5. The van der Waals surface area contributed by atoms with Crippen molar-refractivity contribution in [1.82, 2.24) is 19.6 Å². The highest BCUT2D eigenvalue weighted by molar-refractivity contribution is 7.25. The Morgan fingerprint density at radius 2 is 0.385 bits per heavy atom. The summed E-state index contributed by atoms with van der Waals surface area (Å²) in [5, 5.41) is 12.7. The summed E-state index contributed by atoms with van der Waals surface area (Å²) in [6, 6.07) is 35.7. The van der Waals surface area contributed by atoms with Crippen LogP contribution in [-0.4, -0.2) is 91.0 Å². The Hall–Kier alpha value is -9.24. The summed E-state index contributed by atoms with van der Waals surface area (Å²) in [7, 11) is 0. The molecule has 10 aromatic carbocycles. The Kier molecular flexibility index (Phi) is 27.2. The standard InChI is InChI=1S/C108H126N4O8S2/c1-9-17-25-33-41-67(42-34-26-18-10-2)109-101(113)77-55-49-71-73-51-57-81-97-85(107(119)111(105(81)117)69(45-37-29-21-13-5)46-38-30-22-14-6)65-83(93(99(73)97)75-53-59-79(103(109)115)95(77)91(71)75)87-61-63-89(121-87)90-64-62-88(122-90)84-66-86-98-82(106(118)112(108(86)120)70(47-39-31-23-15-7)48-40-32-24-16-8)58-52-74-72-50-56-78-96-80(60-54-76(92(72)96)94(84)100(74)98)104(116)110(102(78)114)68(43-35-27-19-11-3)44-36-28-20-12-4/h49-70H,9-48H2,1-8H3. The fourth-order valence-corrected chi connectivity index (χ4v) is 24.0. The van der Waals surface area contributed by atoms with Crippen molar-refractivity contribution in [2.24, 2.45) is 0 Å². The zero-order chi connectivity index (χ0) is 85.0. The number of hydrogen-bond acceptors (Lipinski definition) is 10. The molecular weight excluding hydrogens is 1550 g/mol. The highest BCUT2D eigenvalue weighted by Gasteiger charge is 2.45. The van der Waals surface area contributed by atoms with Crippen LogP contribution in [0, 0.1) is 0 Å². The number of fused-ring (bicyclic) bond motifs is 4. The van der Waals surface area contributed by atoms with Gasteiger partial charge in [-0.15, -0.1) is 22.7 Å². The Morgan fingerprint density at radius 1 is 0.189 bits per heavy atom. The van der Waals surface area contributed by atoms with E-state index in [4.69, 9.17) is 0 Å². The molecule has 0 aliphatic carbocycles. The van der Waals surface area contributed by atoms with Crippen molar-refractivity contribution >= 4 is 156 Å². The predicted molar refractivity (Wildman–Crippen MR) is 508 cm³/mol. The number of carbonyl (C=O) groups is 8. The molecule has 12 aromatic rings. The Bertz CT molecular complexity index is 5510. The highest BCUT2D eigenvalue weighted by Crippen LogP contribution is 2.55. The van der Waals surface area contributed by atoms with E-state index in [0.29, 0.717) is 66.1 Å². The lowest BCUT2D eigenvalue weighted by atomic mass is 9.80. The fraction of sp³-hybridized carbons (Fsp3) is 0.481. The number of benzene rings is 10. The van der Waals surface area contributed by atoms with Crippen LogP contribution >= 0.6 is 22.7 Å². The van der Waals surface area contributed by atoms with Crippen molar-refractivity contribution in [2.45, 2.75) is 336 Å². The van der Waals surface area contributed by atoms with Crippen LogP contribution in [0.4, 0.5) is 0 Å². The number of carbonyl (C=O) groups excluding carboxylic acids is 8. The minimum Gasteiger partial charge on any atom is -0.271 e. The van der Waals surface area contributed by atoms with Gasteiger partial charge in [-0.05, 0) is 189 Å². The average Bonchev–Trinajstić information content (AvgIpc) is 0.822. The second-order valence-corrected chi connectivity index (χ2v) is 38.5. The molecule has 0 radical (unpaired) electrons. The number of amides is 8. The maximum atomic E-state index is 16.2. The van der Waals surface area contributed by atoms with E-state index < -0.39 is 0 Å².